The van der Waals surface area contributed by atoms with Gasteiger partial charge in [-0.1, -0.05) is 18.2 Å². The molecule has 1 aliphatic heterocycles. The number of aromatic nitrogens is 1. The van der Waals surface area contributed by atoms with Crippen molar-refractivity contribution in [3.63, 3.8) is 0 Å². The number of aryl methyl sites for hydroxylation is 1. The number of anilines is 1. The summed E-state index contributed by atoms with van der Waals surface area (Å²) in [5.41, 5.74) is 9.52. The van der Waals surface area contributed by atoms with Crippen molar-refractivity contribution in [1.29, 1.82) is 0 Å². The molecule has 3 N–H and O–H groups in total. The Bertz CT molecular complexity index is 642. The van der Waals surface area contributed by atoms with E-state index in [1.54, 1.807) is 6.20 Å². The van der Waals surface area contributed by atoms with E-state index in [1.807, 2.05) is 26.1 Å². The Kier molecular flexibility index (Phi) is 3.80. The Morgan fingerprint density at radius 1 is 1.38 bits per heavy atom. The minimum Gasteiger partial charge on any atom is -0.493 e. The smallest absolute Gasteiger partial charge is 0.128 e. The summed E-state index contributed by atoms with van der Waals surface area (Å²) in [6.07, 6.45) is 2.79. The zero-order valence-electron chi connectivity index (χ0n) is 12.5. The largest absolute Gasteiger partial charge is 0.493 e. The molecule has 21 heavy (non-hydrogen) atoms. The van der Waals surface area contributed by atoms with Gasteiger partial charge in [0.05, 0.1) is 6.61 Å². The Morgan fingerprint density at radius 2 is 2.19 bits per heavy atom. The van der Waals surface area contributed by atoms with Crippen molar-refractivity contribution >= 4 is 5.82 Å². The number of hydrogen-bond acceptors (Lipinski definition) is 4. The molecular weight excluding hydrogens is 262 g/mol. The predicted molar refractivity (Wildman–Crippen MR) is 84.3 cm³/mol. The van der Waals surface area contributed by atoms with Gasteiger partial charge in [0.25, 0.3) is 0 Å². The number of nitrogens with one attached hydrogen (secondary N) is 1. The van der Waals surface area contributed by atoms with Gasteiger partial charge in [-0.05, 0) is 43.7 Å². The van der Waals surface area contributed by atoms with E-state index in [4.69, 9.17) is 10.5 Å². The zero-order valence-corrected chi connectivity index (χ0v) is 12.5. The fourth-order valence-electron chi connectivity index (χ4n) is 3.06. The first kappa shape index (κ1) is 13.9. The second-order valence-corrected chi connectivity index (χ2v) is 5.64. The molecule has 0 saturated carbocycles. The lowest BCUT2D eigenvalue weighted by atomic mass is 9.86. The van der Waals surface area contributed by atoms with E-state index in [9.17, 15) is 0 Å². The standard InChI is InChI=1S/C17H21N3O/c1-11-7-14(17(18)20-9-11)16(19-2)13-8-12-5-3-4-6-15(12)21-10-13/h3-7,9,13,16,19H,8,10H2,1-2H3,(H2,18,20). The van der Waals surface area contributed by atoms with Crippen LogP contribution in [-0.2, 0) is 6.42 Å². The second kappa shape index (κ2) is 5.74. The molecule has 1 aromatic heterocycles. The number of nitrogen functional groups attached to an aromatic ring is 1. The topological polar surface area (TPSA) is 60.2 Å². The van der Waals surface area contributed by atoms with E-state index in [-0.39, 0.29) is 6.04 Å². The summed E-state index contributed by atoms with van der Waals surface area (Å²) in [5, 5.41) is 3.39. The van der Waals surface area contributed by atoms with Crippen LogP contribution in [0.25, 0.3) is 0 Å². The molecule has 0 radical (unpaired) electrons. The summed E-state index contributed by atoms with van der Waals surface area (Å²) in [7, 11) is 1.97. The Morgan fingerprint density at radius 3 is 3.00 bits per heavy atom. The van der Waals surface area contributed by atoms with Crippen LogP contribution < -0.4 is 15.8 Å². The van der Waals surface area contributed by atoms with Crippen molar-refractivity contribution < 1.29 is 4.74 Å². The number of fused-ring (bicyclic) bond motifs is 1. The Labute approximate surface area is 125 Å². The number of nitrogens with zero attached hydrogens (tertiary/aromatic N) is 1. The molecule has 2 unspecified atom stereocenters. The van der Waals surface area contributed by atoms with Crippen molar-refractivity contribution in [1.82, 2.24) is 10.3 Å². The molecule has 1 aliphatic rings. The maximum absolute atomic E-state index is 6.08. The van der Waals surface area contributed by atoms with Gasteiger partial charge in [-0.25, -0.2) is 4.98 Å². The number of para-hydroxylation sites is 1. The summed E-state index contributed by atoms with van der Waals surface area (Å²) in [6, 6.07) is 10.5. The van der Waals surface area contributed by atoms with Gasteiger partial charge in [-0.2, -0.15) is 0 Å². The van der Waals surface area contributed by atoms with Gasteiger partial charge in [0.15, 0.2) is 0 Å². The van der Waals surface area contributed by atoms with Crippen LogP contribution in [0.3, 0.4) is 0 Å². The minimum absolute atomic E-state index is 0.144. The van der Waals surface area contributed by atoms with E-state index < -0.39 is 0 Å². The number of ether oxygens (including phenoxy) is 1. The van der Waals surface area contributed by atoms with Crippen LogP contribution in [0.1, 0.15) is 22.7 Å². The van der Waals surface area contributed by atoms with Crippen molar-refractivity contribution in [3.8, 4) is 5.75 Å². The lowest BCUT2D eigenvalue weighted by Gasteiger charge is -2.32. The van der Waals surface area contributed by atoms with Gasteiger partial charge in [0, 0.05) is 23.7 Å². The van der Waals surface area contributed by atoms with E-state index in [1.165, 1.54) is 5.56 Å². The van der Waals surface area contributed by atoms with Gasteiger partial charge < -0.3 is 15.8 Å². The number of benzene rings is 1. The van der Waals surface area contributed by atoms with E-state index in [2.05, 4.69) is 28.5 Å². The average Bonchev–Trinajstić information content (AvgIpc) is 2.51. The first-order chi connectivity index (χ1) is 10.2. The monoisotopic (exact) mass is 283 g/mol. The van der Waals surface area contributed by atoms with Crippen molar-refractivity contribution in [3.05, 3.63) is 53.2 Å². The third-order valence-electron chi connectivity index (χ3n) is 4.11. The SMILES string of the molecule is CNC(c1cc(C)cnc1N)C1COc2ccccc2C1. The highest BCUT2D eigenvalue weighted by atomic mass is 16.5. The average molecular weight is 283 g/mol. The number of pyridine rings is 1. The third kappa shape index (κ3) is 2.72. The maximum atomic E-state index is 6.08. The van der Waals surface area contributed by atoms with Crippen LogP contribution in [0.2, 0.25) is 0 Å². The van der Waals surface area contributed by atoms with Crippen LogP contribution in [0.15, 0.2) is 36.5 Å². The maximum Gasteiger partial charge on any atom is 0.128 e. The van der Waals surface area contributed by atoms with Crippen molar-refractivity contribution in [2.45, 2.75) is 19.4 Å². The van der Waals surface area contributed by atoms with Crippen LogP contribution in [-0.4, -0.2) is 18.6 Å². The van der Waals surface area contributed by atoms with Gasteiger partial charge in [-0.3, -0.25) is 0 Å². The molecule has 0 aliphatic carbocycles. The van der Waals surface area contributed by atoms with Gasteiger partial charge in [-0.15, -0.1) is 0 Å². The molecule has 3 rings (SSSR count). The third-order valence-corrected chi connectivity index (χ3v) is 4.11. The first-order valence-electron chi connectivity index (χ1n) is 7.29. The lowest BCUT2D eigenvalue weighted by Crippen LogP contribution is -2.34. The van der Waals surface area contributed by atoms with E-state index in [0.29, 0.717) is 18.3 Å². The van der Waals surface area contributed by atoms with Crippen molar-refractivity contribution in [2.75, 3.05) is 19.4 Å². The van der Waals surface area contributed by atoms with Crippen LogP contribution in [0, 0.1) is 12.8 Å². The molecule has 4 heteroatoms. The second-order valence-electron chi connectivity index (χ2n) is 5.64. The van der Waals surface area contributed by atoms with Gasteiger partial charge >= 0.3 is 0 Å². The van der Waals surface area contributed by atoms with E-state index in [0.717, 1.165) is 23.3 Å². The number of nitrogens with two attached hydrogens (primary N) is 1. The zero-order chi connectivity index (χ0) is 14.8. The van der Waals surface area contributed by atoms with Crippen LogP contribution in [0.4, 0.5) is 5.82 Å². The highest BCUT2D eigenvalue weighted by molar-refractivity contribution is 5.44. The molecule has 2 atom stereocenters. The Hall–Kier alpha value is -2.07. The van der Waals surface area contributed by atoms with Crippen molar-refractivity contribution in [2.24, 2.45) is 5.92 Å². The molecule has 0 fully saturated rings. The molecule has 2 heterocycles. The molecule has 0 saturated heterocycles. The predicted octanol–water partition coefficient (Wildman–Crippen LogP) is 2.48. The summed E-state index contributed by atoms with van der Waals surface area (Å²) >= 11 is 0. The molecule has 1 aromatic carbocycles. The van der Waals surface area contributed by atoms with Gasteiger partial charge in [0.2, 0.25) is 0 Å². The quantitative estimate of drug-likeness (QED) is 0.908. The number of rotatable bonds is 3. The van der Waals surface area contributed by atoms with Gasteiger partial charge in [0.1, 0.15) is 11.6 Å². The molecular formula is C17H21N3O. The molecule has 0 amide bonds. The van der Waals surface area contributed by atoms with Crippen LogP contribution >= 0.6 is 0 Å². The number of hydrogen-bond donors (Lipinski definition) is 2. The normalized spacial score (nSPS) is 18.7. The minimum atomic E-state index is 0.144. The molecule has 2 aromatic rings. The highest BCUT2D eigenvalue weighted by Crippen LogP contribution is 2.34. The lowest BCUT2D eigenvalue weighted by molar-refractivity contribution is 0.188. The Balaban J connectivity index is 1.90. The fourth-order valence-corrected chi connectivity index (χ4v) is 3.06. The first-order valence-corrected chi connectivity index (χ1v) is 7.29. The van der Waals surface area contributed by atoms with E-state index >= 15 is 0 Å². The molecule has 4 nitrogen and oxygen atoms in total. The summed E-state index contributed by atoms with van der Waals surface area (Å²) in [5.74, 6) is 1.94. The molecule has 110 valence electrons. The summed E-state index contributed by atoms with van der Waals surface area (Å²) in [4.78, 5) is 4.28. The highest BCUT2D eigenvalue weighted by Gasteiger charge is 2.29. The molecule has 0 bridgehead atoms. The van der Waals surface area contributed by atoms with Crippen LogP contribution in [0.5, 0.6) is 5.75 Å². The molecule has 0 spiro atoms. The summed E-state index contributed by atoms with van der Waals surface area (Å²) in [6.45, 7) is 2.73. The summed E-state index contributed by atoms with van der Waals surface area (Å²) < 4.78 is 5.91. The fraction of sp³-hybridized carbons (Fsp3) is 0.353.